The molecule has 192 valence electrons. The first-order valence-corrected chi connectivity index (χ1v) is 13.1. The Bertz CT molecular complexity index is 1320. The number of amidine groups is 1. The lowest BCUT2D eigenvalue weighted by molar-refractivity contribution is -0.122. The van der Waals surface area contributed by atoms with Gasteiger partial charge < -0.3 is 9.47 Å². The molecule has 1 saturated heterocycles. The average Bonchev–Trinajstić information content (AvgIpc) is 3.13. The van der Waals surface area contributed by atoms with Crippen molar-refractivity contribution in [1.82, 2.24) is 4.90 Å². The Kier molecular flexibility index (Phi) is 8.66. The van der Waals surface area contributed by atoms with E-state index >= 15 is 0 Å². The molecule has 0 aliphatic carbocycles. The summed E-state index contributed by atoms with van der Waals surface area (Å²) in [5.41, 5.74) is 3.52. The number of rotatable bonds is 9. The van der Waals surface area contributed by atoms with Gasteiger partial charge in [0.25, 0.3) is 5.91 Å². The molecule has 3 aromatic rings. The standard InChI is InChI=1S/C30H31FN2O3S/c1-5-35-27-16-22(11-14-26(27)36-19-23-7-6-8-24(31)15-23)17-28-29(34)33(18-20(2)3)30(37-28)32-25-12-9-21(4)10-13-25/h6-17,20H,5,18-19H2,1-4H3/b28-17+,32-30?. The van der Waals surface area contributed by atoms with Crippen LogP contribution in [0.5, 0.6) is 11.5 Å². The van der Waals surface area contributed by atoms with Gasteiger partial charge in [0.05, 0.1) is 17.2 Å². The molecule has 37 heavy (non-hydrogen) atoms. The second kappa shape index (κ2) is 12.1. The van der Waals surface area contributed by atoms with Crippen molar-refractivity contribution >= 4 is 34.6 Å². The van der Waals surface area contributed by atoms with Crippen LogP contribution in [0, 0.1) is 18.7 Å². The highest BCUT2D eigenvalue weighted by molar-refractivity contribution is 8.18. The lowest BCUT2D eigenvalue weighted by Crippen LogP contribution is -2.32. The summed E-state index contributed by atoms with van der Waals surface area (Å²) in [4.78, 5) is 20.5. The number of hydrogen-bond donors (Lipinski definition) is 0. The van der Waals surface area contributed by atoms with Gasteiger partial charge in [-0.3, -0.25) is 9.69 Å². The predicted octanol–water partition coefficient (Wildman–Crippen LogP) is 7.37. The van der Waals surface area contributed by atoms with Gasteiger partial charge in [-0.1, -0.05) is 49.7 Å². The van der Waals surface area contributed by atoms with Gasteiger partial charge in [-0.25, -0.2) is 9.38 Å². The number of halogens is 1. The zero-order valence-electron chi connectivity index (χ0n) is 21.5. The minimum Gasteiger partial charge on any atom is -0.490 e. The maximum atomic E-state index is 13.5. The number of carbonyl (C=O) groups excluding carboxylic acids is 1. The molecule has 0 saturated carbocycles. The van der Waals surface area contributed by atoms with E-state index < -0.39 is 0 Å². The molecule has 0 unspecified atom stereocenters. The van der Waals surface area contributed by atoms with Crippen molar-refractivity contribution in [2.24, 2.45) is 10.9 Å². The second-order valence-electron chi connectivity index (χ2n) is 9.21. The zero-order valence-corrected chi connectivity index (χ0v) is 22.3. The van der Waals surface area contributed by atoms with Gasteiger partial charge in [0.1, 0.15) is 12.4 Å². The Morgan fingerprint density at radius 2 is 1.81 bits per heavy atom. The van der Waals surface area contributed by atoms with E-state index in [9.17, 15) is 9.18 Å². The minimum atomic E-state index is -0.302. The van der Waals surface area contributed by atoms with Crippen LogP contribution in [0.2, 0.25) is 0 Å². The van der Waals surface area contributed by atoms with Crippen LogP contribution in [0.4, 0.5) is 10.1 Å². The van der Waals surface area contributed by atoms with E-state index in [1.807, 2.05) is 68.5 Å². The first-order valence-electron chi connectivity index (χ1n) is 12.3. The molecule has 1 aliphatic rings. The summed E-state index contributed by atoms with van der Waals surface area (Å²) in [5, 5.41) is 0.675. The molecule has 0 atom stereocenters. The van der Waals surface area contributed by atoms with Crippen LogP contribution in [0.15, 0.2) is 76.6 Å². The van der Waals surface area contributed by atoms with Gasteiger partial charge in [0, 0.05) is 6.54 Å². The van der Waals surface area contributed by atoms with Crippen molar-refractivity contribution in [3.63, 3.8) is 0 Å². The molecule has 4 rings (SSSR count). The summed E-state index contributed by atoms with van der Waals surface area (Å²) < 4.78 is 25.2. The SMILES string of the molecule is CCOc1cc(/C=C2/SC(=Nc3ccc(C)cc3)N(CC(C)C)C2=O)ccc1OCc1cccc(F)c1. The summed E-state index contributed by atoms with van der Waals surface area (Å²) in [6.45, 7) is 9.36. The topological polar surface area (TPSA) is 51.1 Å². The molecule has 1 heterocycles. The smallest absolute Gasteiger partial charge is 0.266 e. The minimum absolute atomic E-state index is 0.0612. The van der Waals surface area contributed by atoms with Crippen LogP contribution < -0.4 is 9.47 Å². The van der Waals surface area contributed by atoms with Gasteiger partial charge >= 0.3 is 0 Å². The highest BCUT2D eigenvalue weighted by Gasteiger charge is 2.33. The third-order valence-electron chi connectivity index (χ3n) is 5.54. The van der Waals surface area contributed by atoms with Crippen LogP contribution in [0.1, 0.15) is 37.5 Å². The average molecular weight is 519 g/mol. The number of aryl methyl sites for hydroxylation is 1. The normalized spacial score (nSPS) is 15.7. The van der Waals surface area contributed by atoms with Crippen molar-refractivity contribution in [2.75, 3.05) is 13.2 Å². The van der Waals surface area contributed by atoms with Crippen LogP contribution in [0.3, 0.4) is 0 Å². The largest absolute Gasteiger partial charge is 0.490 e. The van der Waals surface area contributed by atoms with Gasteiger partial charge in [0.15, 0.2) is 16.7 Å². The Labute approximate surface area is 222 Å². The van der Waals surface area contributed by atoms with Gasteiger partial charge in [0.2, 0.25) is 0 Å². The number of aliphatic imine (C=N–C) groups is 1. The monoisotopic (exact) mass is 518 g/mol. The molecular formula is C30H31FN2O3S. The van der Waals surface area contributed by atoms with Crippen LogP contribution >= 0.6 is 11.8 Å². The lowest BCUT2D eigenvalue weighted by Gasteiger charge is -2.17. The van der Waals surface area contributed by atoms with Crippen molar-refractivity contribution in [3.8, 4) is 11.5 Å². The lowest BCUT2D eigenvalue weighted by atomic mass is 10.1. The van der Waals surface area contributed by atoms with E-state index in [-0.39, 0.29) is 18.3 Å². The molecule has 1 amide bonds. The molecule has 0 spiro atoms. The fraction of sp³-hybridized carbons (Fsp3) is 0.267. The van der Waals surface area contributed by atoms with Gasteiger partial charge in [-0.05, 0) is 85.1 Å². The summed E-state index contributed by atoms with van der Waals surface area (Å²) in [6, 6.07) is 19.8. The highest BCUT2D eigenvalue weighted by atomic mass is 32.2. The Balaban J connectivity index is 1.59. The summed E-state index contributed by atoms with van der Waals surface area (Å²) in [7, 11) is 0. The van der Waals surface area contributed by atoms with E-state index in [0.717, 1.165) is 22.4 Å². The number of amides is 1. The molecule has 1 fully saturated rings. The Hall–Kier alpha value is -3.58. The second-order valence-corrected chi connectivity index (χ2v) is 10.2. The molecular weight excluding hydrogens is 487 g/mol. The number of carbonyl (C=O) groups is 1. The first-order chi connectivity index (χ1) is 17.8. The molecule has 0 bridgehead atoms. The summed E-state index contributed by atoms with van der Waals surface area (Å²) in [5.74, 6) is 1.06. The Morgan fingerprint density at radius 3 is 2.51 bits per heavy atom. The third kappa shape index (κ3) is 7.01. The van der Waals surface area contributed by atoms with E-state index in [1.165, 1.54) is 23.9 Å². The predicted molar refractivity (Wildman–Crippen MR) is 149 cm³/mol. The fourth-order valence-corrected chi connectivity index (χ4v) is 4.80. The number of hydrogen-bond acceptors (Lipinski definition) is 5. The maximum absolute atomic E-state index is 13.5. The van der Waals surface area contributed by atoms with E-state index in [1.54, 1.807) is 11.0 Å². The number of ether oxygens (including phenoxy) is 2. The van der Waals surface area contributed by atoms with E-state index in [0.29, 0.717) is 40.6 Å². The highest BCUT2D eigenvalue weighted by Crippen LogP contribution is 2.36. The quantitative estimate of drug-likeness (QED) is 0.278. The Morgan fingerprint density at radius 1 is 1.03 bits per heavy atom. The van der Waals surface area contributed by atoms with Crippen molar-refractivity contribution in [1.29, 1.82) is 0 Å². The van der Waals surface area contributed by atoms with Crippen molar-refractivity contribution < 1.29 is 18.7 Å². The van der Waals surface area contributed by atoms with Gasteiger partial charge in [-0.2, -0.15) is 0 Å². The third-order valence-corrected chi connectivity index (χ3v) is 6.55. The molecule has 0 radical (unpaired) electrons. The molecule has 7 heteroatoms. The van der Waals surface area contributed by atoms with Crippen LogP contribution in [-0.2, 0) is 11.4 Å². The summed E-state index contributed by atoms with van der Waals surface area (Å²) >= 11 is 1.37. The first kappa shape index (κ1) is 26.5. The number of benzene rings is 3. The van der Waals surface area contributed by atoms with Crippen LogP contribution in [-0.4, -0.2) is 29.1 Å². The number of nitrogens with zero attached hydrogens (tertiary/aromatic N) is 2. The van der Waals surface area contributed by atoms with Crippen molar-refractivity contribution in [3.05, 3.63) is 94.1 Å². The molecule has 1 aliphatic heterocycles. The van der Waals surface area contributed by atoms with E-state index in [2.05, 4.69) is 13.8 Å². The molecule has 0 aromatic heterocycles. The van der Waals surface area contributed by atoms with Crippen molar-refractivity contribution in [2.45, 2.75) is 34.3 Å². The fourth-order valence-electron chi connectivity index (χ4n) is 3.79. The summed E-state index contributed by atoms with van der Waals surface area (Å²) in [6.07, 6.45) is 1.86. The zero-order chi connectivity index (χ0) is 26.4. The van der Waals surface area contributed by atoms with Gasteiger partial charge in [-0.15, -0.1) is 0 Å². The molecule has 3 aromatic carbocycles. The van der Waals surface area contributed by atoms with Crippen LogP contribution in [0.25, 0.3) is 6.08 Å². The molecule has 0 N–H and O–H groups in total. The number of thioether (sulfide) groups is 1. The maximum Gasteiger partial charge on any atom is 0.266 e. The van der Waals surface area contributed by atoms with E-state index in [4.69, 9.17) is 14.5 Å². The molecule has 5 nitrogen and oxygen atoms in total.